The van der Waals surface area contributed by atoms with Crippen molar-refractivity contribution in [1.82, 2.24) is 29.7 Å². The molecule has 5 aromatic rings. The minimum Gasteiger partial charge on any atom is -0.491 e. The molecule has 56 heavy (non-hydrogen) atoms. The molecule has 2 aliphatic heterocycles. The van der Waals surface area contributed by atoms with E-state index in [9.17, 15) is 4.79 Å². The number of fused-ring (bicyclic) bond motifs is 2. The Balaban J connectivity index is 0.959. The molecular weight excluding hydrogens is 732 g/mol. The highest BCUT2D eigenvalue weighted by molar-refractivity contribution is 6.32. The Labute approximate surface area is 332 Å². The second-order valence-electron chi connectivity index (χ2n) is 15.8. The van der Waals surface area contributed by atoms with Gasteiger partial charge >= 0.3 is 6.03 Å². The van der Waals surface area contributed by atoms with Crippen LogP contribution < -0.4 is 25.0 Å². The van der Waals surface area contributed by atoms with Gasteiger partial charge in [0.1, 0.15) is 30.0 Å². The van der Waals surface area contributed by atoms with E-state index >= 15 is 0 Å². The molecule has 2 saturated heterocycles. The first kappa shape index (κ1) is 38.0. The van der Waals surface area contributed by atoms with E-state index in [-0.39, 0.29) is 29.9 Å². The van der Waals surface area contributed by atoms with Crippen molar-refractivity contribution in [1.29, 1.82) is 0 Å². The van der Waals surface area contributed by atoms with Gasteiger partial charge < -0.3 is 29.2 Å². The summed E-state index contributed by atoms with van der Waals surface area (Å²) in [4.78, 5) is 16.1. The van der Waals surface area contributed by atoms with Crippen LogP contribution in [0.5, 0.6) is 11.5 Å². The molecule has 13 nitrogen and oxygen atoms in total. The van der Waals surface area contributed by atoms with Crippen LogP contribution in [0.2, 0.25) is 5.02 Å². The molecule has 2 fully saturated rings. The van der Waals surface area contributed by atoms with E-state index in [1.807, 2.05) is 53.1 Å². The number of pyridine rings is 1. The highest BCUT2D eigenvalue weighted by Gasteiger charge is 2.31. The van der Waals surface area contributed by atoms with Crippen LogP contribution in [0, 0.1) is 0 Å². The number of ether oxygens (including phenoxy) is 4. The maximum atomic E-state index is 13.8. The number of amides is 2. The zero-order chi connectivity index (χ0) is 38.6. The number of nitrogens with one attached hydrogen (secondary N) is 2. The van der Waals surface area contributed by atoms with Crippen molar-refractivity contribution in [3.63, 3.8) is 0 Å². The van der Waals surface area contributed by atoms with Gasteiger partial charge in [0.15, 0.2) is 11.9 Å². The number of carbonyl (C=O) groups is 1. The van der Waals surface area contributed by atoms with Gasteiger partial charge in [-0.2, -0.15) is 5.10 Å². The molecular formula is C42H51ClN8O5. The quantitative estimate of drug-likeness (QED) is 0.127. The Kier molecular flexibility index (Phi) is 11.4. The number of benzene rings is 2. The summed E-state index contributed by atoms with van der Waals surface area (Å²) in [7, 11) is 0. The fraction of sp³-hybridized carbons (Fsp3) is 0.476. The van der Waals surface area contributed by atoms with Gasteiger partial charge in [-0.3, -0.25) is 9.72 Å². The third-order valence-electron chi connectivity index (χ3n) is 10.7. The van der Waals surface area contributed by atoms with Crippen LogP contribution in [0.25, 0.3) is 11.3 Å². The van der Waals surface area contributed by atoms with Crippen LogP contribution in [0.1, 0.15) is 101 Å². The van der Waals surface area contributed by atoms with Crippen LogP contribution in [0.3, 0.4) is 0 Å². The van der Waals surface area contributed by atoms with Gasteiger partial charge in [0.05, 0.1) is 35.2 Å². The van der Waals surface area contributed by atoms with Crippen molar-refractivity contribution in [2.75, 3.05) is 43.1 Å². The molecule has 1 unspecified atom stereocenters. The molecule has 0 bridgehead atoms. The molecule has 2 N–H and O–H groups in total. The maximum Gasteiger partial charge on any atom is 0.320 e. The summed E-state index contributed by atoms with van der Waals surface area (Å²) in [5.74, 6) is 2.70. The molecule has 1 aliphatic carbocycles. The Morgan fingerprint density at radius 2 is 1.73 bits per heavy atom. The van der Waals surface area contributed by atoms with Crippen molar-refractivity contribution >= 4 is 35.0 Å². The summed E-state index contributed by atoms with van der Waals surface area (Å²) in [6.45, 7) is 9.68. The summed E-state index contributed by atoms with van der Waals surface area (Å²) in [6, 6.07) is 18.8. The standard InChI is InChI=1S/C42H51ClN8O5/c1-42(2,3)36-26-38(51(48-36)34-25-28(14-16-32(34)43)53-23-24-55-39-13-7-10-22-54-39)45-40(52)44-33-17-18-35(31-12-6-5-11-30(31)33)56-29-15-19-37-46-47-41(50(37)27-29)49-20-8-4-9-21-49/h5-6,11-12,14-16,19,25-27,33,35,39H,4,7-10,13,17-18,20-24H2,1-3H3,(H2,44,45,52)/t33-,35+,39?/m0/s1. The van der Waals surface area contributed by atoms with Crippen LogP contribution in [-0.2, 0) is 14.9 Å². The number of anilines is 2. The largest absolute Gasteiger partial charge is 0.491 e. The third-order valence-corrected chi connectivity index (χ3v) is 11.0. The Hall–Kier alpha value is -4.85. The first-order chi connectivity index (χ1) is 27.2. The number of piperidine rings is 1. The topological polar surface area (TPSA) is 129 Å². The Bertz CT molecular complexity index is 2130. The highest BCUT2D eigenvalue weighted by Crippen LogP contribution is 2.39. The van der Waals surface area contributed by atoms with Gasteiger partial charge in [-0.05, 0) is 86.8 Å². The molecule has 296 valence electrons. The zero-order valence-corrected chi connectivity index (χ0v) is 33.1. The molecule has 0 spiro atoms. The fourth-order valence-electron chi connectivity index (χ4n) is 7.68. The van der Waals surface area contributed by atoms with Crippen molar-refractivity contribution in [3.8, 4) is 17.2 Å². The normalized spacial score (nSPS) is 20.1. The van der Waals surface area contributed by atoms with Crippen LogP contribution in [0.4, 0.5) is 16.6 Å². The lowest BCUT2D eigenvalue weighted by Crippen LogP contribution is -2.36. The number of nitrogens with zero attached hydrogens (tertiary/aromatic N) is 6. The molecule has 3 atom stereocenters. The van der Waals surface area contributed by atoms with E-state index in [4.69, 9.17) is 35.6 Å². The van der Waals surface area contributed by atoms with Gasteiger partial charge in [0, 0.05) is 37.2 Å². The van der Waals surface area contributed by atoms with E-state index < -0.39 is 0 Å². The van der Waals surface area contributed by atoms with E-state index in [0.717, 1.165) is 86.0 Å². The second kappa shape index (κ2) is 16.7. The molecule has 2 amide bonds. The first-order valence-corrected chi connectivity index (χ1v) is 20.3. The van der Waals surface area contributed by atoms with E-state index in [1.54, 1.807) is 10.7 Å². The molecule has 0 saturated carbocycles. The number of hydrogen-bond acceptors (Lipinski definition) is 9. The number of carbonyl (C=O) groups excluding carboxylic acids is 1. The van der Waals surface area contributed by atoms with Gasteiger partial charge in [-0.25, -0.2) is 9.48 Å². The van der Waals surface area contributed by atoms with Crippen molar-refractivity contribution < 1.29 is 23.7 Å². The lowest BCUT2D eigenvalue weighted by atomic mass is 9.85. The predicted octanol–water partition coefficient (Wildman–Crippen LogP) is 8.55. The van der Waals surface area contributed by atoms with Crippen LogP contribution in [0.15, 0.2) is 66.9 Å². The fourth-order valence-corrected chi connectivity index (χ4v) is 7.88. The minimum absolute atomic E-state index is 0.177. The van der Waals surface area contributed by atoms with Crippen LogP contribution >= 0.6 is 11.6 Å². The Morgan fingerprint density at radius 3 is 2.54 bits per heavy atom. The van der Waals surface area contributed by atoms with Gasteiger partial charge in [0.25, 0.3) is 0 Å². The molecule has 14 heteroatoms. The number of halogens is 1. The number of aromatic nitrogens is 5. The Morgan fingerprint density at radius 1 is 0.911 bits per heavy atom. The number of hydrogen-bond donors (Lipinski definition) is 2. The summed E-state index contributed by atoms with van der Waals surface area (Å²) in [5.41, 5.74) is 3.96. The lowest BCUT2D eigenvalue weighted by molar-refractivity contribution is -0.165. The number of urea groups is 1. The predicted molar refractivity (Wildman–Crippen MR) is 215 cm³/mol. The van der Waals surface area contributed by atoms with E-state index in [0.29, 0.717) is 48.3 Å². The smallest absolute Gasteiger partial charge is 0.320 e. The molecule has 0 radical (unpaired) electrons. The summed E-state index contributed by atoms with van der Waals surface area (Å²) >= 11 is 6.77. The molecule has 2 aromatic carbocycles. The second-order valence-corrected chi connectivity index (χ2v) is 16.2. The lowest BCUT2D eigenvalue weighted by Gasteiger charge is -2.32. The summed E-state index contributed by atoms with van der Waals surface area (Å²) < 4.78 is 27.9. The van der Waals surface area contributed by atoms with Crippen molar-refractivity contribution in [2.45, 2.75) is 96.0 Å². The minimum atomic E-state index is -0.348. The average molecular weight is 783 g/mol. The van der Waals surface area contributed by atoms with Gasteiger partial charge in [0.2, 0.25) is 5.95 Å². The van der Waals surface area contributed by atoms with Crippen molar-refractivity contribution in [3.05, 3.63) is 88.7 Å². The summed E-state index contributed by atoms with van der Waals surface area (Å²) in [5, 5.41) is 20.6. The first-order valence-electron chi connectivity index (χ1n) is 19.9. The molecule has 8 rings (SSSR count). The molecule has 3 aliphatic rings. The molecule has 3 aromatic heterocycles. The molecule has 5 heterocycles. The zero-order valence-electron chi connectivity index (χ0n) is 32.4. The number of rotatable bonds is 11. The third kappa shape index (κ3) is 8.59. The van der Waals surface area contributed by atoms with E-state index in [1.165, 1.54) is 6.42 Å². The van der Waals surface area contributed by atoms with Gasteiger partial charge in [-0.15, -0.1) is 10.2 Å². The monoisotopic (exact) mass is 782 g/mol. The highest BCUT2D eigenvalue weighted by atomic mass is 35.5. The maximum absolute atomic E-state index is 13.8. The summed E-state index contributed by atoms with van der Waals surface area (Å²) in [6.07, 6.45) is 9.67. The average Bonchev–Trinajstić information content (AvgIpc) is 3.83. The van der Waals surface area contributed by atoms with Crippen LogP contribution in [-0.4, -0.2) is 69.6 Å². The van der Waals surface area contributed by atoms with E-state index in [2.05, 4.69) is 58.6 Å². The SMILES string of the molecule is CC(C)(C)c1cc(NC(=O)N[C@H]2CC[C@@H](Oc3ccc4nnc(N5CCCCC5)n4c3)c3ccccc32)n(-c2cc(OCCOC3CCCCO3)ccc2Cl)n1. The van der Waals surface area contributed by atoms with Crippen molar-refractivity contribution in [2.24, 2.45) is 0 Å². The van der Waals surface area contributed by atoms with Gasteiger partial charge in [-0.1, -0.05) is 56.6 Å².